The number of amides is 2. The summed E-state index contributed by atoms with van der Waals surface area (Å²) in [7, 11) is 0. The minimum atomic E-state index is -0.514. The number of fused-ring (bicyclic) bond motifs is 2. The minimum absolute atomic E-state index is 0.0226. The van der Waals surface area contributed by atoms with E-state index in [1.54, 1.807) is 13.0 Å². The van der Waals surface area contributed by atoms with Crippen LogP contribution in [0.3, 0.4) is 0 Å². The fourth-order valence-electron chi connectivity index (χ4n) is 3.47. The van der Waals surface area contributed by atoms with Crippen molar-refractivity contribution in [3.63, 3.8) is 0 Å². The maximum Gasteiger partial charge on any atom is 0.277 e. The van der Waals surface area contributed by atoms with Crippen LogP contribution < -0.4 is 10.2 Å². The van der Waals surface area contributed by atoms with Gasteiger partial charge in [-0.1, -0.05) is 42.1 Å². The number of hydrogen-bond acceptors (Lipinski definition) is 6. The van der Waals surface area contributed by atoms with Gasteiger partial charge in [-0.3, -0.25) is 14.5 Å². The summed E-state index contributed by atoms with van der Waals surface area (Å²) in [5.74, 6) is -0.0369. The molecule has 3 heterocycles. The lowest BCUT2D eigenvalue weighted by Crippen LogP contribution is -2.45. The number of nitrogens with one attached hydrogen (secondary N) is 2. The molecule has 0 bridgehead atoms. The van der Waals surface area contributed by atoms with Gasteiger partial charge in [-0.2, -0.15) is 0 Å². The first-order chi connectivity index (χ1) is 14.6. The number of H-pyrrole nitrogens is 1. The second kappa shape index (κ2) is 7.34. The monoisotopic (exact) mass is 419 g/mol. The van der Waals surface area contributed by atoms with Crippen molar-refractivity contribution < 1.29 is 14.0 Å². The Morgan fingerprint density at radius 2 is 1.97 bits per heavy atom. The number of aromatic amines is 1. The molecule has 0 radical (unpaired) electrons. The molecular weight excluding hydrogens is 402 g/mol. The van der Waals surface area contributed by atoms with Crippen LogP contribution in [0.15, 0.2) is 64.4 Å². The van der Waals surface area contributed by atoms with E-state index < -0.39 is 5.25 Å². The Morgan fingerprint density at radius 1 is 1.17 bits per heavy atom. The molecule has 2 aromatic carbocycles. The molecule has 1 aliphatic heterocycles. The van der Waals surface area contributed by atoms with Gasteiger partial charge in [0.15, 0.2) is 0 Å². The molecule has 9 heteroatoms. The molecule has 30 heavy (non-hydrogen) atoms. The number of rotatable bonds is 4. The first-order valence-corrected chi connectivity index (χ1v) is 10.2. The predicted molar refractivity (Wildman–Crippen MR) is 114 cm³/mol. The fourth-order valence-corrected chi connectivity index (χ4v) is 4.21. The standard InChI is InChI=1S/C21H17N5O3S/c1-12(20(28)26-11-18(27)23-16-8-4-5-9-17(16)26)30-21-25-24-19(29-21)14-10-22-15-7-3-2-6-13(14)15/h2-10,12,22H,11H2,1H3,(H,23,27)/t12-/m0/s1. The molecule has 5 rings (SSSR count). The van der Waals surface area contributed by atoms with Gasteiger partial charge in [0.25, 0.3) is 11.1 Å². The fraction of sp³-hybridized carbons (Fsp3) is 0.143. The topological polar surface area (TPSA) is 104 Å². The first kappa shape index (κ1) is 18.4. The number of nitrogens with zero attached hydrogens (tertiary/aromatic N) is 3. The average Bonchev–Trinajstić information content (AvgIpc) is 3.39. The summed E-state index contributed by atoms with van der Waals surface area (Å²) in [6.07, 6.45) is 1.82. The van der Waals surface area contributed by atoms with Crippen molar-refractivity contribution >= 4 is 45.9 Å². The summed E-state index contributed by atoms with van der Waals surface area (Å²) >= 11 is 1.17. The molecule has 150 valence electrons. The second-order valence-electron chi connectivity index (χ2n) is 6.87. The first-order valence-electron chi connectivity index (χ1n) is 9.37. The summed E-state index contributed by atoms with van der Waals surface area (Å²) in [4.78, 5) is 29.7. The third kappa shape index (κ3) is 3.22. The van der Waals surface area contributed by atoms with Crippen molar-refractivity contribution in [3.05, 3.63) is 54.7 Å². The van der Waals surface area contributed by atoms with Gasteiger partial charge in [0.1, 0.15) is 6.54 Å². The Morgan fingerprint density at radius 3 is 2.87 bits per heavy atom. The third-order valence-electron chi connectivity index (χ3n) is 4.89. The van der Waals surface area contributed by atoms with Gasteiger partial charge in [0, 0.05) is 17.1 Å². The Labute approximate surface area is 175 Å². The van der Waals surface area contributed by atoms with Gasteiger partial charge in [-0.25, -0.2) is 0 Å². The third-order valence-corrected chi connectivity index (χ3v) is 5.81. The van der Waals surface area contributed by atoms with E-state index in [0.29, 0.717) is 22.5 Å². The van der Waals surface area contributed by atoms with Crippen LogP contribution in [0.25, 0.3) is 22.4 Å². The smallest absolute Gasteiger partial charge is 0.277 e. The van der Waals surface area contributed by atoms with Crippen LogP contribution in [-0.2, 0) is 9.59 Å². The molecule has 8 nitrogen and oxygen atoms in total. The Balaban J connectivity index is 1.36. The van der Waals surface area contributed by atoms with Crippen LogP contribution in [0.2, 0.25) is 0 Å². The van der Waals surface area contributed by atoms with Crippen molar-refractivity contribution in [2.45, 2.75) is 17.4 Å². The molecule has 2 amide bonds. The molecule has 0 unspecified atom stereocenters. The Hall–Kier alpha value is -3.59. The minimum Gasteiger partial charge on any atom is -0.411 e. The van der Waals surface area contributed by atoms with Crippen molar-refractivity contribution in [1.29, 1.82) is 0 Å². The van der Waals surface area contributed by atoms with E-state index in [-0.39, 0.29) is 18.4 Å². The van der Waals surface area contributed by atoms with Crippen molar-refractivity contribution in [2.75, 3.05) is 16.8 Å². The largest absolute Gasteiger partial charge is 0.411 e. The number of hydrogen-bond donors (Lipinski definition) is 2. The van der Waals surface area contributed by atoms with Crippen LogP contribution in [-0.4, -0.2) is 38.8 Å². The Kier molecular flexibility index (Phi) is 4.51. The van der Waals surface area contributed by atoms with E-state index in [1.165, 1.54) is 16.7 Å². The average molecular weight is 419 g/mol. The van der Waals surface area contributed by atoms with Gasteiger partial charge in [0.05, 0.1) is 22.2 Å². The quantitative estimate of drug-likeness (QED) is 0.489. The van der Waals surface area contributed by atoms with Crippen LogP contribution in [0.1, 0.15) is 6.92 Å². The summed E-state index contributed by atoms with van der Waals surface area (Å²) in [5.41, 5.74) is 3.09. The van der Waals surface area contributed by atoms with Crippen LogP contribution in [0, 0.1) is 0 Å². The van der Waals surface area contributed by atoms with E-state index in [2.05, 4.69) is 20.5 Å². The molecule has 2 N–H and O–H groups in total. The molecule has 0 saturated heterocycles. The van der Waals surface area contributed by atoms with Gasteiger partial charge >= 0.3 is 0 Å². The number of para-hydroxylation sites is 3. The summed E-state index contributed by atoms with van der Waals surface area (Å²) in [6, 6.07) is 15.1. The normalized spacial score (nSPS) is 14.4. The summed E-state index contributed by atoms with van der Waals surface area (Å²) in [6.45, 7) is 1.74. The zero-order chi connectivity index (χ0) is 20.7. The van der Waals surface area contributed by atoms with E-state index in [9.17, 15) is 9.59 Å². The van der Waals surface area contributed by atoms with Crippen LogP contribution in [0.5, 0.6) is 0 Å². The zero-order valence-corrected chi connectivity index (χ0v) is 16.8. The van der Waals surface area contributed by atoms with Crippen LogP contribution in [0.4, 0.5) is 11.4 Å². The number of benzene rings is 2. The highest BCUT2D eigenvalue weighted by Gasteiger charge is 2.31. The van der Waals surface area contributed by atoms with Crippen LogP contribution >= 0.6 is 11.8 Å². The molecule has 0 fully saturated rings. The molecule has 4 aromatic rings. The molecule has 1 aliphatic rings. The summed E-state index contributed by atoms with van der Waals surface area (Å²) in [5, 5.41) is 11.8. The number of carbonyl (C=O) groups excluding carboxylic acids is 2. The van der Waals surface area contributed by atoms with Gasteiger partial charge in [-0.15, -0.1) is 10.2 Å². The predicted octanol–water partition coefficient (Wildman–Crippen LogP) is 3.68. The maximum absolute atomic E-state index is 13.1. The lowest BCUT2D eigenvalue weighted by Gasteiger charge is -2.30. The SMILES string of the molecule is C[C@H](Sc1nnc(-c2c[nH]c3ccccc23)o1)C(=O)N1CC(=O)Nc2ccccc21. The van der Waals surface area contributed by atoms with Gasteiger partial charge in [-0.05, 0) is 25.1 Å². The molecule has 0 aliphatic carbocycles. The van der Waals surface area contributed by atoms with Crippen molar-refractivity contribution in [2.24, 2.45) is 0 Å². The lowest BCUT2D eigenvalue weighted by atomic mass is 10.2. The second-order valence-corrected chi connectivity index (χ2v) is 8.16. The van der Waals surface area contributed by atoms with E-state index in [4.69, 9.17) is 4.42 Å². The molecule has 0 spiro atoms. The molecule has 1 atom stereocenters. The number of carbonyl (C=O) groups is 2. The highest BCUT2D eigenvalue weighted by Crippen LogP contribution is 2.33. The van der Waals surface area contributed by atoms with E-state index in [0.717, 1.165) is 16.5 Å². The maximum atomic E-state index is 13.1. The van der Waals surface area contributed by atoms with Gasteiger partial charge in [0.2, 0.25) is 11.8 Å². The van der Waals surface area contributed by atoms with Crippen molar-refractivity contribution in [3.8, 4) is 11.5 Å². The molecular formula is C21H17N5O3S. The van der Waals surface area contributed by atoms with Gasteiger partial charge < -0.3 is 14.7 Å². The van der Waals surface area contributed by atoms with E-state index >= 15 is 0 Å². The highest BCUT2D eigenvalue weighted by molar-refractivity contribution is 8.00. The lowest BCUT2D eigenvalue weighted by molar-refractivity contribution is -0.121. The zero-order valence-electron chi connectivity index (χ0n) is 16.0. The number of anilines is 2. The number of aromatic nitrogens is 3. The Bertz CT molecular complexity index is 1260. The molecule has 0 saturated carbocycles. The van der Waals surface area contributed by atoms with E-state index in [1.807, 2.05) is 48.7 Å². The molecule has 2 aromatic heterocycles. The summed E-state index contributed by atoms with van der Waals surface area (Å²) < 4.78 is 5.81. The number of thioether (sulfide) groups is 1. The highest BCUT2D eigenvalue weighted by atomic mass is 32.2. The van der Waals surface area contributed by atoms with Crippen molar-refractivity contribution in [1.82, 2.24) is 15.2 Å².